The molecule has 1 aromatic carbocycles. The lowest BCUT2D eigenvalue weighted by Gasteiger charge is -2.10. The summed E-state index contributed by atoms with van der Waals surface area (Å²) in [5.74, 6) is 0.234. The van der Waals surface area contributed by atoms with Gasteiger partial charge < -0.3 is 4.74 Å². The van der Waals surface area contributed by atoms with Crippen LogP contribution in [0.15, 0.2) is 41.8 Å². The Morgan fingerprint density at radius 2 is 2.21 bits per heavy atom. The fourth-order valence-corrected chi connectivity index (χ4v) is 2.19. The molecule has 0 amide bonds. The number of benzene rings is 1. The van der Waals surface area contributed by atoms with Gasteiger partial charge in [-0.1, -0.05) is 49.0 Å². The first-order valence-corrected chi connectivity index (χ1v) is 6.93. The molecule has 19 heavy (non-hydrogen) atoms. The first kappa shape index (κ1) is 13.6. The van der Waals surface area contributed by atoms with Gasteiger partial charge in [0.1, 0.15) is 12.9 Å². The number of carbonyl (C=O) groups excluding carboxylic acids is 1. The third-order valence-corrected chi connectivity index (χ3v) is 3.63. The SMILES string of the molecule is CC(CSc1ncn[nH]1)C(=O)OCc1ccccc1. The van der Waals surface area contributed by atoms with Crippen LogP contribution in [0.3, 0.4) is 0 Å². The Morgan fingerprint density at radius 3 is 2.89 bits per heavy atom. The Hall–Kier alpha value is -1.82. The van der Waals surface area contributed by atoms with Crippen molar-refractivity contribution in [1.29, 1.82) is 0 Å². The minimum absolute atomic E-state index is 0.182. The van der Waals surface area contributed by atoms with E-state index in [9.17, 15) is 4.79 Å². The van der Waals surface area contributed by atoms with Gasteiger partial charge in [-0.2, -0.15) is 5.10 Å². The zero-order valence-electron chi connectivity index (χ0n) is 10.6. The monoisotopic (exact) mass is 277 g/mol. The molecule has 0 aliphatic carbocycles. The highest BCUT2D eigenvalue weighted by Gasteiger charge is 2.15. The minimum Gasteiger partial charge on any atom is -0.461 e. The van der Waals surface area contributed by atoms with Gasteiger partial charge in [0.15, 0.2) is 5.16 Å². The second kappa shape index (κ2) is 6.94. The molecule has 0 spiro atoms. The van der Waals surface area contributed by atoms with Crippen LogP contribution in [0.1, 0.15) is 12.5 Å². The molecule has 1 atom stereocenters. The molecule has 0 aliphatic heterocycles. The molecule has 1 heterocycles. The molecule has 0 aliphatic rings. The van der Waals surface area contributed by atoms with Crippen LogP contribution in [0.25, 0.3) is 0 Å². The van der Waals surface area contributed by atoms with Crippen molar-refractivity contribution in [3.63, 3.8) is 0 Å². The molecular weight excluding hydrogens is 262 g/mol. The van der Waals surface area contributed by atoms with E-state index in [0.717, 1.165) is 5.56 Å². The molecule has 2 rings (SSSR count). The van der Waals surface area contributed by atoms with Crippen molar-refractivity contribution in [3.05, 3.63) is 42.2 Å². The van der Waals surface area contributed by atoms with Crippen molar-refractivity contribution in [3.8, 4) is 0 Å². The fraction of sp³-hybridized carbons (Fsp3) is 0.308. The number of ether oxygens (including phenoxy) is 1. The predicted octanol–water partition coefficient (Wildman–Crippen LogP) is 2.28. The second-order valence-electron chi connectivity index (χ2n) is 4.10. The van der Waals surface area contributed by atoms with E-state index in [2.05, 4.69) is 15.2 Å². The van der Waals surface area contributed by atoms with E-state index in [1.54, 1.807) is 0 Å². The topological polar surface area (TPSA) is 67.9 Å². The number of esters is 1. The number of hydrogen-bond donors (Lipinski definition) is 1. The molecule has 1 aromatic heterocycles. The fourth-order valence-electron chi connectivity index (χ4n) is 1.41. The number of carbonyl (C=O) groups is 1. The maximum atomic E-state index is 11.8. The van der Waals surface area contributed by atoms with Crippen LogP contribution < -0.4 is 0 Å². The smallest absolute Gasteiger partial charge is 0.309 e. The summed E-state index contributed by atoms with van der Waals surface area (Å²) < 4.78 is 5.26. The average molecular weight is 277 g/mol. The van der Waals surface area contributed by atoms with Crippen LogP contribution in [-0.4, -0.2) is 26.9 Å². The quantitative estimate of drug-likeness (QED) is 0.648. The van der Waals surface area contributed by atoms with E-state index < -0.39 is 0 Å². The summed E-state index contributed by atoms with van der Waals surface area (Å²) in [6, 6.07) is 9.64. The van der Waals surface area contributed by atoms with Crippen LogP contribution in [0.2, 0.25) is 0 Å². The zero-order chi connectivity index (χ0) is 13.5. The summed E-state index contributed by atoms with van der Waals surface area (Å²) in [6.45, 7) is 2.16. The molecule has 6 heteroatoms. The lowest BCUT2D eigenvalue weighted by Crippen LogP contribution is -2.16. The second-order valence-corrected chi connectivity index (χ2v) is 5.10. The van der Waals surface area contributed by atoms with Gasteiger partial charge in [0.25, 0.3) is 0 Å². The third-order valence-electron chi connectivity index (χ3n) is 2.49. The number of aromatic nitrogens is 3. The average Bonchev–Trinajstić information content (AvgIpc) is 2.96. The summed E-state index contributed by atoms with van der Waals surface area (Å²) in [6.07, 6.45) is 1.45. The van der Waals surface area contributed by atoms with Crippen molar-refractivity contribution < 1.29 is 9.53 Å². The lowest BCUT2D eigenvalue weighted by atomic mass is 10.2. The van der Waals surface area contributed by atoms with Gasteiger partial charge in [-0.25, -0.2) is 4.98 Å². The largest absolute Gasteiger partial charge is 0.461 e. The van der Waals surface area contributed by atoms with Crippen LogP contribution in [0.4, 0.5) is 0 Å². The number of thioether (sulfide) groups is 1. The molecule has 0 fully saturated rings. The van der Waals surface area contributed by atoms with Gasteiger partial charge in [-0.05, 0) is 5.56 Å². The summed E-state index contributed by atoms with van der Waals surface area (Å²) in [4.78, 5) is 15.8. The molecule has 0 saturated heterocycles. The minimum atomic E-state index is -0.198. The van der Waals surface area contributed by atoms with Crippen LogP contribution in [0, 0.1) is 5.92 Å². The predicted molar refractivity (Wildman–Crippen MR) is 72.5 cm³/mol. The van der Waals surface area contributed by atoms with Gasteiger partial charge in [-0.3, -0.25) is 9.89 Å². The van der Waals surface area contributed by atoms with Gasteiger partial charge in [0.2, 0.25) is 0 Å². The highest BCUT2D eigenvalue weighted by Crippen LogP contribution is 2.16. The normalized spacial score (nSPS) is 12.1. The number of nitrogens with one attached hydrogen (secondary N) is 1. The highest BCUT2D eigenvalue weighted by molar-refractivity contribution is 7.99. The number of nitrogens with zero attached hydrogens (tertiary/aromatic N) is 2. The zero-order valence-corrected chi connectivity index (χ0v) is 11.4. The van der Waals surface area contributed by atoms with Crippen molar-refractivity contribution in [2.45, 2.75) is 18.7 Å². The molecular formula is C13H15N3O2S. The number of rotatable bonds is 6. The Bertz CT molecular complexity index is 502. The molecule has 5 nitrogen and oxygen atoms in total. The first-order chi connectivity index (χ1) is 9.25. The first-order valence-electron chi connectivity index (χ1n) is 5.94. The standard InChI is InChI=1S/C13H15N3O2S/c1-10(8-19-13-14-9-15-16-13)12(17)18-7-11-5-3-2-4-6-11/h2-6,9-10H,7-8H2,1H3,(H,14,15,16). The van der Waals surface area contributed by atoms with E-state index in [1.807, 2.05) is 37.3 Å². The molecule has 2 aromatic rings. The van der Waals surface area contributed by atoms with Gasteiger partial charge in [0.05, 0.1) is 5.92 Å². The number of hydrogen-bond acceptors (Lipinski definition) is 5. The van der Waals surface area contributed by atoms with Crippen LogP contribution in [-0.2, 0) is 16.1 Å². The Kier molecular flexibility index (Phi) is 4.97. The molecule has 100 valence electrons. The van der Waals surface area contributed by atoms with Crippen molar-refractivity contribution >= 4 is 17.7 Å². The maximum Gasteiger partial charge on any atom is 0.309 e. The number of aromatic amines is 1. The van der Waals surface area contributed by atoms with Gasteiger partial charge in [0, 0.05) is 5.75 Å². The van der Waals surface area contributed by atoms with E-state index in [1.165, 1.54) is 18.1 Å². The van der Waals surface area contributed by atoms with Gasteiger partial charge in [-0.15, -0.1) is 0 Å². The molecule has 0 radical (unpaired) electrons. The van der Waals surface area contributed by atoms with E-state index in [4.69, 9.17) is 4.74 Å². The lowest BCUT2D eigenvalue weighted by molar-refractivity contribution is -0.148. The maximum absolute atomic E-state index is 11.8. The molecule has 0 saturated carbocycles. The summed E-state index contributed by atoms with van der Waals surface area (Å²) in [5, 5.41) is 7.20. The van der Waals surface area contributed by atoms with Crippen molar-refractivity contribution in [2.24, 2.45) is 5.92 Å². The Balaban J connectivity index is 1.73. The third kappa shape index (κ3) is 4.40. The van der Waals surface area contributed by atoms with E-state index >= 15 is 0 Å². The van der Waals surface area contributed by atoms with Crippen molar-refractivity contribution in [1.82, 2.24) is 15.2 Å². The van der Waals surface area contributed by atoms with Crippen molar-refractivity contribution in [2.75, 3.05) is 5.75 Å². The Morgan fingerprint density at radius 1 is 1.42 bits per heavy atom. The number of H-pyrrole nitrogens is 1. The molecule has 1 N–H and O–H groups in total. The van der Waals surface area contributed by atoms with Crippen LogP contribution in [0.5, 0.6) is 0 Å². The molecule has 1 unspecified atom stereocenters. The Labute approximate surface area is 115 Å². The highest BCUT2D eigenvalue weighted by atomic mass is 32.2. The van der Waals surface area contributed by atoms with E-state index in [-0.39, 0.29) is 11.9 Å². The van der Waals surface area contributed by atoms with Crippen LogP contribution >= 0.6 is 11.8 Å². The summed E-state index contributed by atoms with van der Waals surface area (Å²) in [5.41, 5.74) is 0.992. The summed E-state index contributed by atoms with van der Waals surface area (Å²) in [7, 11) is 0. The molecule has 0 bridgehead atoms. The van der Waals surface area contributed by atoms with Gasteiger partial charge >= 0.3 is 5.97 Å². The van der Waals surface area contributed by atoms with E-state index in [0.29, 0.717) is 17.5 Å². The summed E-state index contributed by atoms with van der Waals surface area (Å²) >= 11 is 1.46.